The zero-order chi connectivity index (χ0) is 39.8. The third kappa shape index (κ3) is 4.73. The van der Waals surface area contributed by atoms with Crippen molar-refractivity contribution in [2.24, 2.45) is 23.7 Å². The van der Waals surface area contributed by atoms with Crippen molar-refractivity contribution in [3.8, 4) is 27.9 Å². The van der Waals surface area contributed by atoms with Gasteiger partial charge < -0.3 is 9.47 Å². The monoisotopic (exact) mass is 800 g/mol. The normalized spacial score (nSPS) is 22.2. The fourth-order valence-corrected chi connectivity index (χ4v) is 14.7. The lowest BCUT2D eigenvalue weighted by molar-refractivity contribution is -0.0399. The lowest BCUT2D eigenvalue weighted by Gasteiger charge is -2.61. The van der Waals surface area contributed by atoms with E-state index in [1.165, 1.54) is 119 Å². The predicted molar refractivity (Wildman–Crippen MR) is 257 cm³/mol. The summed E-state index contributed by atoms with van der Waals surface area (Å²) in [6.07, 6.45) is 6.87. The van der Waals surface area contributed by atoms with Crippen LogP contribution in [0.1, 0.15) is 43.2 Å². The maximum atomic E-state index is 2.68. The summed E-state index contributed by atoms with van der Waals surface area (Å²) >= 11 is 1.93. The van der Waals surface area contributed by atoms with Gasteiger partial charge >= 0.3 is 0 Å². The number of hydrogen-bond acceptors (Lipinski definition) is 2. The second-order valence-electron chi connectivity index (χ2n) is 18.5. The van der Waals surface area contributed by atoms with Gasteiger partial charge in [0.05, 0.1) is 27.1 Å². The summed E-state index contributed by atoms with van der Waals surface area (Å²) in [6.45, 7) is 0. The van der Waals surface area contributed by atoms with Crippen LogP contribution in [0.25, 0.3) is 69.9 Å². The van der Waals surface area contributed by atoms with E-state index >= 15 is 0 Å². The molecule has 0 radical (unpaired) electrons. The summed E-state index contributed by atoms with van der Waals surface area (Å²) in [5.74, 6) is 3.08. The second-order valence-corrected chi connectivity index (χ2v) is 19.5. The van der Waals surface area contributed by atoms with Crippen LogP contribution in [0.5, 0.6) is 0 Å². The van der Waals surface area contributed by atoms with Crippen LogP contribution in [0.2, 0.25) is 0 Å². The molecule has 10 aromatic rings. The van der Waals surface area contributed by atoms with Crippen molar-refractivity contribution in [2.75, 3.05) is 4.90 Å². The molecule has 4 fully saturated rings. The van der Waals surface area contributed by atoms with Crippen molar-refractivity contribution in [1.29, 1.82) is 0 Å². The van der Waals surface area contributed by atoms with Gasteiger partial charge in [-0.25, -0.2) is 0 Å². The number of hydrogen-bond donors (Lipinski definition) is 0. The maximum Gasteiger partial charge on any atom is 0.0640 e. The van der Waals surface area contributed by atoms with Crippen LogP contribution < -0.4 is 4.90 Å². The van der Waals surface area contributed by atoms with E-state index in [0.29, 0.717) is 11.8 Å². The minimum absolute atomic E-state index is 0.0174. The molecule has 15 rings (SSSR count). The first-order valence-corrected chi connectivity index (χ1v) is 23.2. The van der Waals surface area contributed by atoms with Crippen LogP contribution in [0.15, 0.2) is 182 Å². The highest BCUT2D eigenvalue weighted by Crippen LogP contribution is 2.70. The van der Waals surface area contributed by atoms with Gasteiger partial charge in [0.1, 0.15) is 0 Å². The van der Waals surface area contributed by atoms with Gasteiger partial charge in [-0.2, -0.15) is 0 Å². The SMILES string of the molecule is c1ccc(-c2ccc3c(c2)C2(c4cc(N(c5cccc6c5sc5ccccc56)c5cccc6c5c5ccccc5n6-c5ccccc5)ccc4-3)C3CC4CC(C3)CC2C4)cc1. The highest BCUT2D eigenvalue weighted by atomic mass is 32.1. The molecule has 0 saturated heterocycles. The Labute approximate surface area is 360 Å². The number of aromatic nitrogens is 1. The molecule has 0 unspecified atom stereocenters. The molecule has 3 heteroatoms. The molecule has 2 heterocycles. The summed E-state index contributed by atoms with van der Waals surface area (Å²) in [4.78, 5) is 2.64. The van der Waals surface area contributed by atoms with Crippen LogP contribution in [-0.2, 0) is 5.41 Å². The average molecular weight is 801 g/mol. The van der Waals surface area contributed by atoms with Gasteiger partial charge in [0.15, 0.2) is 0 Å². The standard InChI is InChI=1S/C58H44N2S/c1-3-13-38(14-4-1)39-25-27-44-45-28-26-43(35-50(45)58(49(44)34-39)40-30-36-29-37(32-40)33-41(58)31-36)60(54-23-11-19-47-46-17-8-10-24-55(46)61-57(47)54)53-22-12-21-52-56(53)48-18-7-9-20-51(48)59(52)42-15-5-2-6-16-42/h1-28,34-37,40-41H,29-33H2. The van der Waals surface area contributed by atoms with Gasteiger partial charge in [0.25, 0.3) is 0 Å². The van der Waals surface area contributed by atoms with Crippen LogP contribution in [0.3, 0.4) is 0 Å². The Balaban J connectivity index is 1.06. The van der Waals surface area contributed by atoms with Gasteiger partial charge in [0.2, 0.25) is 0 Å². The summed E-state index contributed by atoms with van der Waals surface area (Å²) in [5.41, 5.74) is 16.1. The largest absolute Gasteiger partial charge is 0.309 e. The summed E-state index contributed by atoms with van der Waals surface area (Å²) < 4.78 is 5.11. The van der Waals surface area contributed by atoms with E-state index in [-0.39, 0.29) is 5.41 Å². The van der Waals surface area contributed by atoms with Gasteiger partial charge in [-0.3, -0.25) is 0 Å². The van der Waals surface area contributed by atoms with Crippen LogP contribution in [0.4, 0.5) is 17.1 Å². The third-order valence-corrected chi connectivity index (χ3v) is 16.8. The minimum atomic E-state index is 0.0174. The van der Waals surface area contributed by atoms with Gasteiger partial charge in [-0.1, -0.05) is 121 Å². The van der Waals surface area contributed by atoms with E-state index in [2.05, 4.69) is 191 Å². The molecule has 2 nitrogen and oxygen atoms in total. The summed E-state index contributed by atoms with van der Waals surface area (Å²) in [7, 11) is 0. The number of nitrogens with zero attached hydrogens (tertiary/aromatic N) is 2. The lowest BCUT2D eigenvalue weighted by Crippen LogP contribution is -2.55. The summed E-state index contributed by atoms with van der Waals surface area (Å²) in [6, 6.07) is 69.0. The molecule has 0 aliphatic heterocycles. The molecule has 0 N–H and O–H groups in total. The van der Waals surface area contributed by atoms with Crippen LogP contribution in [0, 0.1) is 23.7 Å². The van der Waals surface area contributed by atoms with Crippen LogP contribution in [-0.4, -0.2) is 4.57 Å². The molecule has 5 aliphatic carbocycles. The summed E-state index contributed by atoms with van der Waals surface area (Å²) in [5, 5.41) is 5.20. The van der Waals surface area contributed by atoms with Gasteiger partial charge in [-0.15, -0.1) is 11.3 Å². The molecule has 2 aromatic heterocycles. The Bertz CT molecular complexity index is 3360. The molecule has 5 aliphatic rings. The van der Waals surface area contributed by atoms with Crippen molar-refractivity contribution >= 4 is 70.4 Å². The fraction of sp³-hybridized carbons (Fsp3) is 0.172. The Kier molecular flexibility index (Phi) is 7.20. The Hall–Kier alpha value is -6.42. The molecule has 1 spiro atoms. The number of thiophene rings is 1. The first-order chi connectivity index (χ1) is 30.2. The van der Waals surface area contributed by atoms with E-state index < -0.39 is 0 Å². The van der Waals surface area contributed by atoms with E-state index in [1.807, 2.05) is 11.3 Å². The molecule has 8 aromatic carbocycles. The second kappa shape index (κ2) is 12.8. The molecule has 61 heavy (non-hydrogen) atoms. The van der Waals surface area contributed by atoms with E-state index in [4.69, 9.17) is 0 Å². The Morgan fingerprint density at radius 1 is 0.475 bits per heavy atom. The van der Waals surface area contributed by atoms with Crippen molar-refractivity contribution < 1.29 is 0 Å². The van der Waals surface area contributed by atoms with E-state index in [0.717, 1.165) is 11.8 Å². The lowest BCUT2D eigenvalue weighted by atomic mass is 9.43. The van der Waals surface area contributed by atoms with Crippen molar-refractivity contribution in [3.05, 3.63) is 193 Å². The van der Waals surface area contributed by atoms with E-state index in [1.54, 1.807) is 11.1 Å². The average Bonchev–Trinajstić information content (AvgIpc) is 3.96. The van der Waals surface area contributed by atoms with Gasteiger partial charge in [-0.05, 0) is 150 Å². The molecule has 4 saturated carbocycles. The zero-order valence-corrected chi connectivity index (χ0v) is 34.8. The molecule has 0 atom stereocenters. The maximum absolute atomic E-state index is 2.68. The topological polar surface area (TPSA) is 8.17 Å². The molecule has 4 bridgehead atoms. The van der Waals surface area contributed by atoms with Crippen molar-refractivity contribution in [2.45, 2.75) is 37.5 Å². The third-order valence-electron chi connectivity index (χ3n) is 15.6. The van der Waals surface area contributed by atoms with Crippen molar-refractivity contribution in [1.82, 2.24) is 4.57 Å². The van der Waals surface area contributed by atoms with Gasteiger partial charge in [0, 0.05) is 43.0 Å². The Morgan fingerprint density at radius 2 is 1.10 bits per heavy atom. The number of fused-ring (bicyclic) bond motifs is 9. The number of anilines is 3. The highest BCUT2D eigenvalue weighted by molar-refractivity contribution is 7.26. The molecule has 292 valence electrons. The predicted octanol–water partition coefficient (Wildman–Crippen LogP) is 16.0. The molecular weight excluding hydrogens is 757 g/mol. The number of para-hydroxylation sites is 2. The fourth-order valence-electron chi connectivity index (χ4n) is 13.5. The first kappa shape index (κ1) is 34.3. The Morgan fingerprint density at radius 3 is 1.90 bits per heavy atom. The molecular formula is C58H44N2S. The smallest absolute Gasteiger partial charge is 0.0640 e. The molecule has 0 amide bonds. The number of benzene rings is 8. The zero-order valence-electron chi connectivity index (χ0n) is 34.0. The van der Waals surface area contributed by atoms with Crippen LogP contribution >= 0.6 is 11.3 Å². The van der Waals surface area contributed by atoms with Crippen molar-refractivity contribution in [3.63, 3.8) is 0 Å². The minimum Gasteiger partial charge on any atom is -0.309 e. The van der Waals surface area contributed by atoms with E-state index in [9.17, 15) is 0 Å². The number of rotatable bonds is 5. The highest BCUT2D eigenvalue weighted by Gasteiger charge is 2.61. The first-order valence-electron chi connectivity index (χ1n) is 22.3. The quantitative estimate of drug-likeness (QED) is 0.168.